The lowest BCUT2D eigenvalue weighted by molar-refractivity contribution is -0.147. The molecule has 3 amide bonds. The van der Waals surface area contributed by atoms with Gasteiger partial charge in [-0.1, -0.05) is 63.4 Å². The average molecular weight is 519 g/mol. The van der Waals surface area contributed by atoms with Crippen LogP contribution in [0.25, 0.3) is 10.4 Å². The molecule has 1 fully saturated rings. The molecule has 7 nitrogen and oxygen atoms in total. The summed E-state index contributed by atoms with van der Waals surface area (Å²) in [5, 5.41) is 3.01. The van der Waals surface area contributed by atoms with Crippen molar-refractivity contribution in [3.8, 4) is 10.4 Å². The molecule has 2 atom stereocenters. The lowest BCUT2D eigenvalue weighted by atomic mass is 10.00. The Bertz CT molecular complexity index is 1240. The van der Waals surface area contributed by atoms with Crippen molar-refractivity contribution in [3.63, 3.8) is 0 Å². The first kappa shape index (κ1) is 26.5. The third-order valence-corrected chi connectivity index (χ3v) is 8.09. The van der Waals surface area contributed by atoms with E-state index in [0.717, 1.165) is 33.7 Å². The number of hydrogen-bond acceptors (Lipinski definition) is 5. The van der Waals surface area contributed by atoms with Crippen molar-refractivity contribution in [2.24, 2.45) is 5.92 Å². The first-order chi connectivity index (χ1) is 17.8. The number of nitrogens with zero attached hydrogens (tertiary/aromatic N) is 3. The fraction of sp³-hybridized carbons (Fsp3) is 0.379. The topological polar surface area (TPSA) is 82.6 Å². The minimum absolute atomic E-state index is 0.114. The molecular formula is C29H34N4O3S. The predicted octanol–water partition coefficient (Wildman–Crippen LogP) is 4.26. The van der Waals surface area contributed by atoms with Crippen LogP contribution >= 0.6 is 11.3 Å². The SMILES string of the molecule is C=CC1=C(C=C)C(=O)N(C(C(=O)N2CCCC2C(=O)NCc2ccc(-c3scnc3C)cc2)C(C)C)C1. The van der Waals surface area contributed by atoms with Gasteiger partial charge in [-0.15, -0.1) is 11.3 Å². The Balaban J connectivity index is 1.42. The van der Waals surface area contributed by atoms with Crippen LogP contribution in [-0.2, 0) is 20.9 Å². The van der Waals surface area contributed by atoms with Crippen molar-refractivity contribution in [2.45, 2.75) is 52.2 Å². The molecule has 4 rings (SSSR count). The Morgan fingerprint density at radius 3 is 2.51 bits per heavy atom. The van der Waals surface area contributed by atoms with Crippen LogP contribution < -0.4 is 5.32 Å². The van der Waals surface area contributed by atoms with E-state index in [0.29, 0.717) is 31.6 Å². The van der Waals surface area contributed by atoms with Gasteiger partial charge in [0.05, 0.1) is 16.1 Å². The number of carbonyl (C=O) groups excluding carboxylic acids is 3. The number of likely N-dealkylation sites (tertiary alicyclic amines) is 1. The zero-order valence-electron chi connectivity index (χ0n) is 21.7. The number of amides is 3. The van der Waals surface area contributed by atoms with E-state index >= 15 is 0 Å². The second-order valence-electron chi connectivity index (χ2n) is 9.84. The van der Waals surface area contributed by atoms with Gasteiger partial charge in [0.25, 0.3) is 5.91 Å². The number of rotatable bonds is 9. The number of aromatic nitrogens is 1. The van der Waals surface area contributed by atoms with Crippen LogP contribution in [0.1, 0.15) is 37.9 Å². The normalized spacial score (nSPS) is 18.5. The molecule has 1 aromatic heterocycles. The Kier molecular flexibility index (Phi) is 8.07. The number of thiazole rings is 1. The Labute approximate surface area is 222 Å². The quantitative estimate of drug-likeness (QED) is 0.538. The smallest absolute Gasteiger partial charge is 0.255 e. The van der Waals surface area contributed by atoms with E-state index in [1.807, 2.05) is 50.5 Å². The summed E-state index contributed by atoms with van der Waals surface area (Å²) in [7, 11) is 0. The molecule has 0 radical (unpaired) electrons. The van der Waals surface area contributed by atoms with Gasteiger partial charge in [-0.2, -0.15) is 0 Å². The standard InChI is InChI=1S/C29H34N4O3S/c1-6-21-16-33(28(35)23(21)7-2)25(18(3)4)29(36)32-14-8-9-24(32)27(34)30-15-20-10-12-22(13-11-20)26-19(5)31-17-37-26/h6-7,10-13,17-18,24-25H,1-2,8-9,14-16H2,3-5H3,(H,30,34). The Morgan fingerprint density at radius 1 is 1.22 bits per heavy atom. The maximum Gasteiger partial charge on any atom is 0.255 e. The van der Waals surface area contributed by atoms with Gasteiger partial charge in [-0.05, 0) is 42.4 Å². The Morgan fingerprint density at radius 2 is 1.95 bits per heavy atom. The van der Waals surface area contributed by atoms with Gasteiger partial charge in [0, 0.05) is 25.2 Å². The number of aryl methyl sites for hydroxylation is 1. The largest absolute Gasteiger partial charge is 0.350 e. The van der Waals surface area contributed by atoms with Gasteiger partial charge in [0.2, 0.25) is 11.8 Å². The van der Waals surface area contributed by atoms with Crippen molar-refractivity contribution in [1.82, 2.24) is 20.1 Å². The second kappa shape index (κ2) is 11.3. The summed E-state index contributed by atoms with van der Waals surface area (Å²) >= 11 is 1.61. The van der Waals surface area contributed by atoms with Crippen LogP contribution in [0.15, 0.2) is 66.2 Å². The van der Waals surface area contributed by atoms with E-state index in [2.05, 4.69) is 23.5 Å². The number of hydrogen-bond donors (Lipinski definition) is 1. The molecule has 37 heavy (non-hydrogen) atoms. The molecule has 2 aliphatic heterocycles. The fourth-order valence-electron chi connectivity index (χ4n) is 5.16. The molecule has 2 aliphatic rings. The first-order valence-corrected chi connectivity index (χ1v) is 13.5. The molecule has 2 aromatic rings. The van der Waals surface area contributed by atoms with E-state index in [1.165, 1.54) is 6.08 Å². The monoisotopic (exact) mass is 518 g/mol. The van der Waals surface area contributed by atoms with E-state index < -0.39 is 12.1 Å². The highest BCUT2D eigenvalue weighted by Crippen LogP contribution is 2.30. The summed E-state index contributed by atoms with van der Waals surface area (Å²) in [5.74, 6) is -0.676. The zero-order chi connectivity index (χ0) is 26.7. The summed E-state index contributed by atoms with van der Waals surface area (Å²) in [4.78, 5) is 48.7. The highest BCUT2D eigenvalue weighted by atomic mass is 32.1. The van der Waals surface area contributed by atoms with Crippen LogP contribution in [0.3, 0.4) is 0 Å². The molecule has 0 spiro atoms. The van der Waals surface area contributed by atoms with E-state index in [4.69, 9.17) is 0 Å². The molecule has 2 unspecified atom stereocenters. The third kappa shape index (κ3) is 5.30. The lowest BCUT2D eigenvalue weighted by Crippen LogP contribution is -2.55. The summed E-state index contributed by atoms with van der Waals surface area (Å²) in [6.07, 6.45) is 4.53. The summed E-state index contributed by atoms with van der Waals surface area (Å²) in [6, 6.07) is 6.88. The van der Waals surface area contributed by atoms with Crippen LogP contribution in [0.2, 0.25) is 0 Å². The fourth-order valence-corrected chi connectivity index (χ4v) is 5.97. The molecule has 3 heterocycles. The second-order valence-corrected chi connectivity index (χ2v) is 10.7. The van der Waals surface area contributed by atoms with Gasteiger partial charge < -0.3 is 15.1 Å². The van der Waals surface area contributed by atoms with Crippen molar-refractivity contribution < 1.29 is 14.4 Å². The Hall–Kier alpha value is -3.52. The number of benzene rings is 1. The molecule has 0 bridgehead atoms. The molecule has 1 N–H and O–H groups in total. The van der Waals surface area contributed by atoms with Crippen LogP contribution in [0.4, 0.5) is 0 Å². The summed E-state index contributed by atoms with van der Waals surface area (Å²) in [6.45, 7) is 14.6. The summed E-state index contributed by atoms with van der Waals surface area (Å²) < 4.78 is 0. The molecule has 1 saturated heterocycles. The molecule has 0 saturated carbocycles. The van der Waals surface area contributed by atoms with Crippen LogP contribution in [0, 0.1) is 12.8 Å². The van der Waals surface area contributed by atoms with Crippen LogP contribution in [0.5, 0.6) is 0 Å². The van der Waals surface area contributed by atoms with Crippen molar-refractivity contribution in [3.05, 3.63) is 77.5 Å². The number of nitrogens with one attached hydrogen (secondary N) is 1. The molecule has 1 aromatic carbocycles. The summed E-state index contributed by atoms with van der Waals surface area (Å²) in [5.41, 5.74) is 6.19. The van der Waals surface area contributed by atoms with Gasteiger partial charge in [-0.25, -0.2) is 4.98 Å². The average Bonchev–Trinajstić information content (AvgIpc) is 3.62. The maximum absolute atomic E-state index is 13.8. The number of carbonyl (C=O) groups is 3. The molecule has 0 aliphatic carbocycles. The van der Waals surface area contributed by atoms with E-state index in [-0.39, 0.29) is 23.6 Å². The molecular weight excluding hydrogens is 484 g/mol. The molecule has 194 valence electrons. The third-order valence-electron chi connectivity index (χ3n) is 7.12. The van der Waals surface area contributed by atoms with Crippen molar-refractivity contribution in [1.29, 1.82) is 0 Å². The van der Waals surface area contributed by atoms with Crippen molar-refractivity contribution in [2.75, 3.05) is 13.1 Å². The van der Waals surface area contributed by atoms with E-state index in [1.54, 1.807) is 27.2 Å². The van der Waals surface area contributed by atoms with Gasteiger partial charge in [0.15, 0.2) is 0 Å². The molecule has 8 heteroatoms. The maximum atomic E-state index is 13.8. The highest BCUT2D eigenvalue weighted by molar-refractivity contribution is 7.13. The first-order valence-electron chi connectivity index (χ1n) is 12.6. The highest BCUT2D eigenvalue weighted by Gasteiger charge is 2.43. The van der Waals surface area contributed by atoms with Crippen LogP contribution in [-0.4, -0.2) is 57.7 Å². The van der Waals surface area contributed by atoms with Crippen molar-refractivity contribution >= 4 is 29.1 Å². The van der Waals surface area contributed by atoms with E-state index in [9.17, 15) is 14.4 Å². The zero-order valence-corrected chi connectivity index (χ0v) is 22.5. The predicted molar refractivity (Wildman–Crippen MR) is 147 cm³/mol. The minimum Gasteiger partial charge on any atom is -0.350 e. The van der Waals surface area contributed by atoms with Gasteiger partial charge in [-0.3, -0.25) is 14.4 Å². The van der Waals surface area contributed by atoms with Gasteiger partial charge in [0.1, 0.15) is 12.1 Å². The minimum atomic E-state index is -0.656. The lowest BCUT2D eigenvalue weighted by Gasteiger charge is -2.35. The van der Waals surface area contributed by atoms with Gasteiger partial charge >= 0.3 is 0 Å².